The van der Waals surface area contributed by atoms with E-state index in [1.165, 1.54) is 6.33 Å². The molecule has 2 unspecified atom stereocenters. The van der Waals surface area contributed by atoms with Crippen molar-refractivity contribution in [3.63, 3.8) is 0 Å². The number of hydrogen-bond donors (Lipinski definition) is 3. The molecule has 3 rings (SSSR count). The average molecular weight is 271 g/mol. The molecule has 6 heteroatoms. The van der Waals surface area contributed by atoms with E-state index in [4.69, 9.17) is 0 Å². The molecule has 1 aliphatic carbocycles. The van der Waals surface area contributed by atoms with Crippen molar-refractivity contribution in [3.05, 3.63) is 21.2 Å². The van der Waals surface area contributed by atoms with Crippen LogP contribution >= 0.6 is 15.9 Å². The third-order valence-corrected chi connectivity index (χ3v) is 3.93. The predicted octanol–water partition coefficient (Wildman–Crippen LogP) is 0.162. The van der Waals surface area contributed by atoms with Crippen LogP contribution in [0.2, 0.25) is 0 Å². The van der Waals surface area contributed by atoms with Crippen molar-refractivity contribution in [3.8, 4) is 0 Å². The summed E-state index contributed by atoms with van der Waals surface area (Å²) < 4.78 is 0.489. The molecular weight excluding hydrogens is 260 g/mol. The Labute approximate surface area is 94.8 Å². The lowest BCUT2D eigenvalue weighted by atomic mass is 10.4. The highest BCUT2D eigenvalue weighted by Crippen LogP contribution is 2.43. The minimum Gasteiger partial charge on any atom is -0.365 e. The standard InChI is InChI=1S/C9H11BrN4O/c10-6-8(12-3-13-9(6)15)14-7-4-1-11-2-5(4)7/h3-5,7,11H,1-2H2,(H2,12,13,14,15). The third-order valence-electron chi connectivity index (χ3n) is 3.19. The van der Waals surface area contributed by atoms with E-state index in [0.717, 1.165) is 13.1 Å². The van der Waals surface area contributed by atoms with Gasteiger partial charge in [-0.05, 0) is 27.8 Å². The maximum Gasteiger partial charge on any atom is 0.267 e. The first-order valence-electron chi connectivity index (χ1n) is 4.98. The molecule has 3 N–H and O–H groups in total. The highest BCUT2D eigenvalue weighted by Gasteiger charge is 2.53. The summed E-state index contributed by atoms with van der Waals surface area (Å²) in [6.45, 7) is 2.15. The number of aromatic amines is 1. The highest BCUT2D eigenvalue weighted by molar-refractivity contribution is 9.10. The smallest absolute Gasteiger partial charge is 0.267 e. The largest absolute Gasteiger partial charge is 0.365 e. The maximum atomic E-state index is 11.3. The van der Waals surface area contributed by atoms with Crippen LogP contribution in [0.3, 0.4) is 0 Å². The van der Waals surface area contributed by atoms with Gasteiger partial charge < -0.3 is 15.6 Å². The second-order valence-electron chi connectivity index (χ2n) is 4.05. The first-order valence-corrected chi connectivity index (χ1v) is 5.77. The molecule has 0 amide bonds. The normalized spacial score (nSPS) is 32.5. The van der Waals surface area contributed by atoms with Crippen LogP contribution in [0.5, 0.6) is 0 Å². The lowest BCUT2D eigenvalue weighted by Crippen LogP contribution is -2.23. The number of anilines is 1. The van der Waals surface area contributed by atoms with E-state index in [0.29, 0.717) is 28.2 Å². The van der Waals surface area contributed by atoms with Gasteiger partial charge >= 0.3 is 0 Å². The molecule has 1 aromatic heterocycles. The van der Waals surface area contributed by atoms with Crippen LogP contribution in [0, 0.1) is 11.8 Å². The fraction of sp³-hybridized carbons (Fsp3) is 0.556. The van der Waals surface area contributed by atoms with Gasteiger partial charge in [0.1, 0.15) is 10.3 Å². The lowest BCUT2D eigenvalue weighted by molar-refractivity contribution is 0.695. The zero-order valence-corrected chi connectivity index (χ0v) is 9.54. The van der Waals surface area contributed by atoms with Crippen molar-refractivity contribution in [1.82, 2.24) is 15.3 Å². The number of hydrogen-bond acceptors (Lipinski definition) is 4. The quantitative estimate of drug-likeness (QED) is 0.716. The molecular formula is C9H11BrN4O. The highest BCUT2D eigenvalue weighted by atomic mass is 79.9. The van der Waals surface area contributed by atoms with Crippen LogP contribution in [0.25, 0.3) is 0 Å². The molecule has 2 atom stereocenters. The van der Waals surface area contributed by atoms with Crippen LogP contribution < -0.4 is 16.2 Å². The molecule has 0 spiro atoms. The molecule has 15 heavy (non-hydrogen) atoms. The van der Waals surface area contributed by atoms with E-state index >= 15 is 0 Å². The SMILES string of the molecule is O=c1[nH]cnc(NC2C3CNCC32)c1Br. The van der Waals surface area contributed by atoms with Gasteiger partial charge in [-0.25, -0.2) is 4.98 Å². The zero-order valence-electron chi connectivity index (χ0n) is 7.96. The Bertz CT molecular complexity index is 436. The van der Waals surface area contributed by atoms with E-state index in [1.807, 2.05) is 0 Å². The van der Waals surface area contributed by atoms with Crippen molar-refractivity contribution < 1.29 is 0 Å². The molecule has 1 saturated carbocycles. The third kappa shape index (κ3) is 1.48. The van der Waals surface area contributed by atoms with Gasteiger partial charge in [0, 0.05) is 19.1 Å². The monoisotopic (exact) mass is 270 g/mol. The molecule has 1 aromatic rings. The van der Waals surface area contributed by atoms with E-state index in [-0.39, 0.29) is 5.56 Å². The first kappa shape index (κ1) is 9.35. The van der Waals surface area contributed by atoms with Crippen LogP contribution in [0.1, 0.15) is 0 Å². The number of piperidine rings is 1. The second kappa shape index (κ2) is 3.31. The molecule has 2 fully saturated rings. The van der Waals surface area contributed by atoms with Gasteiger partial charge in [-0.3, -0.25) is 4.79 Å². The Kier molecular flexibility index (Phi) is 2.07. The molecule has 0 bridgehead atoms. The minimum atomic E-state index is -0.142. The van der Waals surface area contributed by atoms with Crippen molar-refractivity contribution in [2.24, 2.45) is 11.8 Å². The summed E-state index contributed by atoms with van der Waals surface area (Å²) in [6, 6.07) is 0.483. The summed E-state index contributed by atoms with van der Waals surface area (Å²) in [7, 11) is 0. The van der Waals surface area contributed by atoms with Gasteiger partial charge in [0.15, 0.2) is 0 Å². The molecule has 2 aliphatic rings. The van der Waals surface area contributed by atoms with Gasteiger partial charge in [-0.2, -0.15) is 0 Å². The first-order chi connectivity index (χ1) is 7.27. The predicted molar refractivity (Wildman–Crippen MR) is 59.8 cm³/mol. The summed E-state index contributed by atoms with van der Waals surface area (Å²) in [5.74, 6) is 2.06. The molecule has 1 saturated heterocycles. The number of rotatable bonds is 2. The molecule has 0 aromatic carbocycles. The van der Waals surface area contributed by atoms with E-state index in [1.54, 1.807) is 0 Å². The molecule has 5 nitrogen and oxygen atoms in total. The maximum absolute atomic E-state index is 11.3. The Morgan fingerprint density at radius 2 is 2.20 bits per heavy atom. The van der Waals surface area contributed by atoms with Crippen molar-refractivity contribution in [2.75, 3.05) is 18.4 Å². The summed E-state index contributed by atoms with van der Waals surface area (Å²) in [5, 5.41) is 6.63. The number of nitrogens with one attached hydrogen (secondary N) is 3. The molecule has 80 valence electrons. The number of halogens is 1. The number of aromatic nitrogens is 2. The molecule has 2 heterocycles. The van der Waals surface area contributed by atoms with E-state index < -0.39 is 0 Å². The Balaban J connectivity index is 1.78. The summed E-state index contributed by atoms with van der Waals surface area (Å²) in [4.78, 5) is 17.9. The second-order valence-corrected chi connectivity index (χ2v) is 4.84. The Morgan fingerprint density at radius 3 is 2.93 bits per heavy atom. The molecule has 1 aliphatic heterocycles. The van der Waals surface area contributed by atoms with Gasteiger partial charge in [0.25, 0.3) is 5.56 Å². The van der Waals surface area contributed by atoms with Gasteiger partial charge in [0.05, 0.1) is 6.33 Å². The van der Waals surface area contributed by atoms with Crippen LogP contribution in [0.15, 0.2) is 15.6 Å². The summed E-state index contributed by atoms with van der Waals surface area (Å²) in [5.41, 5.74) is -0.142. The lowest BCUT2D eigenvalue weighted by Gasteiger charge is -2.08. The van der Waals surface area contributed by atoms with Gasteiger partial charge in [-0.1, -0.05) is 0 Å². The van der Waals surface area contributed by atoms with E-state index in [9.17, 15) is 4.79 Å². The fourth-order valence-corrected chi connectivity index (χ4v) is 2.61. The van der Waals surface area contributed by atoms with Crippen molar-refractivity contribution >= 4 is 21.7 Å². The zero-order chi connectivity index (χ0) is 10.4. The van der Waals surface area contributed by atoms with E-state index in [2.05, 4.69) is 36.5 Å². The summed E-state index contributed by atoms with van der Waals surface area (Å²) in [6.07, 6.45) is 1.42. The Morgan fingerprint density at radius 1 is 1.47 bits per heavy atom. The number of nitrogens with zero attached hydrogens (tertiary/aromatic N) is 1. The number of fused-ring (bicyclic) bond motifs is 1. The van der Waals surface area contributed by atoms with Crippen molar-refractivity contribution in [2.45, 2.75) is 6.04 Å². The van der Waals surface area contributed by atoms with Crippen LogP contribution in [0.4, 0.5) is 5.82 Å². The number of H-pyrrole nitrogens is 1. The fourth-order valence-electron chi connectivity index (χ4n) is 2.27. The Hall–Kier alpha value is -0.880. The molecule has 0 radical (unpaired) electrons. The topological polar surface area (TPSA) is 69.8 Å². The van der Waals surface area contributed by atoms with Crippen LogP contribution in [-0.2, 0) is 0 Å². The summed E-state index contributed by atoms with van der Waals surface area (Å²) >= 11 is 3.23. The van der Waals surface area contributed by atoms with Gasteiger partial charge in [-0.15, -0.1) is 0 Å². The van der Waals surface area contributed by atoms with Gasteiger partial charge in [0.2, 0.25) is 0 Å². The van der Waals surface area contributed by atoms with Crippen LogP contribution in [-0.4, -0.2) is 29.1 Å². The average Bonchev–Trinajstić information content (AvgIpc) is 2.69. The van der Waals surface area contributed by atoms with Crippen molar-refractivity contribution in [1.29, 1.82) is 0 Å². The minimum absolute atomic E-state index is 0.142.